The molecule has 0 N–H and O–H groups in total. The minimum atomic E-state index is -1.74. The summed E-state index contributed by atoms with van der Waals surface area (Å²) >= 11 is 0. The molecule has 3 nitrogen and oxygen atoms in total. The number of methoxy groups -OCH3 is 1. The lowest BCUT2D eigenvalue weighted by Gasteiger charge is -2.35. The van der Waals surface area contributed by atoms with Gasteiger partial charge in [0.05, 0.1) is 19.3 Å². The highest BCUT2D eigenvalue weighted by Gasteiger charge is 2.38. The Labute approximate surface area is 113 Å². The maximum Gasteiger partial charge on any atom is 0.308 e. The molecule has 2 atom stereocenters. The lowest BCUT2D eigenvalue weighted by Crippen LogP contribution is -2.39. The Hall–Kier alpha value is -0.773. The van der Waals surface area contributed by atoms with Gasteiger partial charge in [-0.3, -0.25) is 4.79 Å². The van der Waals surface area contributed by atoms with Crippen molar-refractivity contribution in [2.45, 2.75) is 52.8 Å². The summed E-state index contributed by atoms with van der Waals surface area (Å²) in [5.41, 5.74) is 0. The van der Waals surface area contributed by atoms with Crippen LogP contribution in [0.2, 0.25) is 18.1 Å². The molecule has 0 spiro atoms. The standard InChI is InChI=1S/C14H28O3Si/c1-11(12(2)13(15)16-6)9-10-17-18(7,8)14(3,4)5/h9-12H,1-8H3/b10-9-/t11-,12+/m0/s1. The van der Waals surface area contributed by atoms with Crippen molar-refractivity contribution in [2.24, 2.45) is 11.8 Å². The molecule has 0 rings (SSSR count). The van der Waals surface area contributed by atoms with Gasteiger partial charge in [-0.1, -0.05) is 34.6 Å². The summed E-state index contributed by atoms with van der Waals surface area (Å²) < 4.78 is 10.7. The monoisotopic (exact) mass is 272 g/mol. The summed E-state index contributed by atoms with van der Waals surface area (Å²) in [5.74, 6) is -0.212. The van der Waals surface area contributed by atoms with E-state index in [0.717, 1.165) is 0 Å². The highest BCUT2D eigenvalue weighted by Crippen LogP contribution is 2.36. The molecule has 0 aliphatic carbocycles. The third-order valence-corrected chi connectivity index (χ3v) is 8.25. The lowest BCUT2D eigenvalue weighted by atomic mass is 9.96. The van der Waals surface area contributed by atoms with Crippen LogP contribution in [-0.2, 0) is 14.0 Å². The van der Waals surface area contributed by atoms with E-state index in [4.69, 9.17) is 9.16 Å². The second kappa shape index (κ2) is 6.41. The van der Waals surface area contributed by atoms with E-state index in [1.54, 1.807) is 6.26 Å². The molecule has 0 aromatic heterocycles. The molecule has 0 aliphatic rings. The van der Waals surface area contributed by atoms with E-state index in [1.807, 2.05) is 19.9 Å². The van der Waals surface area contributed by atoms with E-state index in [2.05, 4.69) is 33.9 Å². The van der Waals surface area contributed by atoms with Gasteiger partial charge in [-0.25, -0.2) is 0 Å². The van der Waals surface area contributed by atoms with E-state index in [9.17, 15) is 4.79 Å². The normalized spacial score (nSPS) is 16.4. The Morgan fingerprint density at radius 2 is 1.72 bits per heavy atom. The number of ether oxygens (including phenoxy) is 1. The van der Waals surface area contributed by atoms with Gasteiger partial charge in [0, 0.05) is 0 Å². The molecule has 0 saturated heterocycles. The predicted molar refractivity (Wildman–Crippen MR) is 77.8 cm³/mol. The summed E-state index contributed by atoms with van der Waals surface area (Å²) in [6.07, 6.45) is 3.71. The fourth-order valence-corrected chi connectivity index (χ4v) is 1.85. The lowest BCUT2D eigenvalue weighted by molar-refractivity contribution is -0.145. The van der Waals surface area contributed by atoms with Gasteiger partial charge in [0.1, 0.15) is 0 Å². The molecule has 106 valence electrons. The number of esters is 1. The molecule has 0 amide bonds. The molecular formula is C14H28O3Si. The average molecular weight is 272 g/mol. The van der Waals surface area contributed by atoms with Crippen molar-refractivity contribution in [1.82, 2.24) is 0 Å². The molecule has 0 bridgehead atoms. The van der Waals surface area contributed by atoms with Gasteiger partial charge in [0.25, 0.3) is 0 Å². The minimum Gasteiger partial charge on any atom is -0.549 e. The number of allylic oxidation sites excluding steroid dienone is 1. The van der Waals surface area contributed by atoms with Crippen molar-refractivity contribution in [3.05, 3.63) is 12.3 Å². The Morgan fingerprint density at radius 1 is 1.22 bits per heavy atom. The van der Waals surface area contributed by atoms with Crippen molar-refractivity contribution >= 4 is 14.3 Å². The molecule has 4 heteroatoms. The SMILES string of the molecule is COC(=O)[C@H](C)[C@@H](C)/C=C\O[Si](C)(C)C(C)(C)C. The number of hydrogen-bond acceptors (Lipinski definition) is 3. The smallest absolute Gasteiger partial charge is 0.308 e. The largest absolute Gasteiger partial charge is 0.549 e. The summed E-state index contributed by atoms with van der Waals surface area (Å²) in [4.78, 5) is 11.4. The van der Waals surface area contributed by atoms with E-state index in [1.165, 1.54) is 7.11 Å². The zero-order chi connectivity index (χ0) is 14.6. The molecule has 18 heavy (non-hydrogen) atoms. The number of carbonyl (C=O) groups excluding carboxylic acids is 1. The zero-order valence-electron chi connectivity index (χ0n) is 13.0. The van der Waals surface area contributed by atoms with Gasteiger partial charge in [-0.2, -0.15) is 0 Å². The molecule has 0 unspecified atom stereocenters. The van der Waals surface area contributed by atoms with Crippen molar-refractivity contribution in [1.29, 1.82) is 0 Å². The summed E-state index contributed by atoms with van der Waals surface area (Å²) in [5, 5.41) is 0.189. The predicted octanol–water partition coefficient (Wildman–Crippen LogP) is 3.97. The molecule has 0 saturated carbocycles. The topological polar surface area (TPSA) is 35.5 Å². The van der Waals surface area contributed by atoms with Crippen LogP contribution in [0.3, 0.4) is 0 Å². The first-order valence-corrected chi connectivity index (χ1v) is 9.36. The highest BCUT2D eigenvalue weighted by molar-refractivity contribution is 6.74. The first-order chi connectivity index (χ1) is 8.03. The van der Waals surface area contributed by atoms with Gasteiger partial charge >= 0.3 is 5.97 Å². The number of hydrogen-bond donors (Lipinski definition) is 0. The van der Waals surface area contributed by atoms with Crippen molar-refractivity contribution < 1.29 is 14.0 Å². The van der Waals surface area contributed by atoms with Crippen LogP contribution in [0.15, 0.2) is 12.3 Å². The van der Waals surface area contributed by atoms with Gasteiger partial charge in [0.2, 0.25) is 8.32 Å². The van der Waals surface area contributed by atoms with E-state index in [0.29, 0.717) is 0 Å². The molecule has 0 aromatic carbocycles. The van der Waals surface area contributed by atoms with Crippen LogP contribution in [0.5, 0.6) is 0 Å². The molecule has 0 heterocycles. The van der Waals surface area contributed by atoms with Crippen LogP contribution >= 0.6 is 0 Å². The maximum absolute atomic E-state index is 11.4. The summed E-state index contributed by atoms with van der Waals surface area (Å²) in [7, 11) is -0.327. The molecular weight excluding hydrogens is 244 g/mol. The van der Waals surface area contributed by atoms with E-state index in [-0.39, 0.29) is 22.8 Å². The van der Waals surface area contributed by atoms with Crippen molar-refractivity contribution in [3.8, 4) is 0 Å². The van der Waals surface area contributed by atoms with Crippen LogP contribution in [0.4, 0.5) is 0 Å². The van der Waals surface area contributed by atoms with Gasteiger partial charge in [0.15, 0.2) is 0 Å². The first-order valence-electron chi connectivity index (χ1n) is 6.45. The molecule has 0 fully saturated rings. The fraction of sp³-hybridized carbons (Fsp3) is 0.786. The quantitative estimate of drug-likeness (QED) is 0.431. The number of rotatable bonds is 5. The summed E-state index contributed by atoms with van der Waals surface area (Å²) in [6.45, 7) is 14.9. The third-order valence-electron chi connectivity index (χ3n) is 3.91. The Bertz CT molecular complexity index is 303. The van der Waals surface area contributed by atoms with Crippen LogP contribution < -0.4 is 0 Å². The van der Waals surface area contributed by atoms with Crippen molar-refractivity contribution in [3.63, 3.8) is 0 Å². The second-order valence-corrected chi connectivity index (χ2v) is 11.1. The van der Waals surface area contributed by atoms with Crippen LogP contribution in [0, 0.1) is 11.8 Å². The van der Waals surface area contributed by atoms with Crippen LogP contribution in [-0.4, -0.2) is 21.4 Å². The zero-order valence-corrected chi connectivity index (χ0v) is 14.0. The Morgan fingerprint density at radius 3 is 2.11 bits per heavy atom. The molecule has 0 aromatic rings. The molecule has 0 radical (unpaired) electrons. The minimum absolute atomic E-state index is 0.113. The average Bonchev–Trinajstić information content (AvgIpc) is 2.24. The first kappa shape index (κ1) is 17.2. The Kier molecular flexibility index (Phi) is 6.13. The van der Waals surface area contributed by atoms with Crippen LogP contribution in [0.25, 0.3) is 0 Å². The van der Waals surface area contributed by atoms with E-state index >= 15 is 0 Å². The molecule has 0 aliphatic heterocycles. The van der Waals surface area contributed by atoms with Crippen molar-refractivity contribution in [2.75, 3.05) is 7.11 Å². The van der Waals surface area contributed by atoms with Gasteiger partial charge in [-0.05, 0) is 30.1 Å². The second-order valence-electron chi connectivity index (χ2n) is 6.38. The highest BCUT2D eigenvalue weighted by atomic mass is 28.4. The van der Waals surface area contributed by atoms with Crippen LogP contribution in [0.1, 0.15) is 34.6 Å². The van der Waals surface area contributed by atoms with E-state index < -0.39 is 8.32 Å². The summed E-state index contributed by atoms with van der Waals surface area (Å²) in [6, 6.07) is 0. The Balaban J connectivity index is 4.46. The maximum atomic E-state index is 11.4. The third kappa shape index (κ3) is 4.84. The van der Waals surface area contributed by atoms with Gasteiger partial charge in [-0.15, -0.1) is 0 Å². The fourth-order valence-electron chi connectivity index (χ4n) is 1.08. The van der Waals surface area contributed by atoms with Gasteiger partial charge < -0.3 is 9.16 Å². The number of carbonyl (C=O) groups is 1.